The van der Waals surface area contributed by atoms with Crippen LogP contribution in [0.15, 0.2) is 35.4 Å². The second-order valence-corrected chi connectivity index (χ2v) is 6.18. The van der Waals surface area contributed by atoms with Gasteiger partial charge in [-0.25, -0.2) is 4.98 Å². The Kier molecular flexibility index (Phi) is 4.92. The second-order valence-electron chi connectivity index (χ2n) is 6.18. The van der Waals surface area contributed by atoms with E-state index < -0.39 is 0 Å². The molecule has 1 aliphatic rings. The highest BCUT2D eigenvalue weighted by atomic mass is 16.5. The number of fused-ring (bicyclic) bond motifs is 1. The van der Waals surface area contributed by atoms with Gasteiger partial charge in [0.25, 0.3) is 5.56 Å². The molecule has 0 spiro atoms. The molecule has 2 atom stereocenters. The van der Waals surface area contributed by atoms with Crippen LogP contribution in [0.25, 0.3) is 10.9 Å². The van der Waals surface area contributed by atoms with Gasteiger partial charge in [0.1, 0.15) is 0 Å². The van der Waals surface area contributed by atoms with Crippen LogP contribution in [0.2, 0.25) is 0 Å². The third-order valence-electron chi connectivity index (χ3n) is 4.41. The zero-order chi connectivity index (χ0) is 17.1. The number of carbonyl (C=O) groups is 1. The number of likely N-dealkylation sites (tertiary alicyclic amines) is 1. The molecule has 1 aromatic carbocycles. The van der Waals surface area contributed by atoms with Crippen molar-refractivity contribution in [2.45, 2.75) is 25.1 Å². The molecule has 128 valence electrons. The maximum atomic E-state index is 12.4. The smallest absolute Gasteiger partial charge is 0.261 e. The normalized spacial score (nSPS) is 21.2. The highest BCUT2D eigenvalue weighted by Crippen LogP contribution is 2.11. The molecule has 1 amide bonds. The van der Waals surface area contributed by atoms with E-state index in [1.807, 2.05) is 19.2 Å². The Morgan fingerprint density at radius 1 is 1.38 bits per heavy atom. The number of rotatable bonds is 5. The molecule has 1 aromatic heterocycles. The highest BCUT2D eigenvalue weighted by molar-refractivity contribution is 5.77. The van der Waals surface area contributed by atoms with Crippen LogP contribution < -0.4 is 10.9 Å². The Morgan fingerprint density at radius 2 is 2.17 bits per heavy atom. The molecule has 1 saturated heterocycles. The van der Waals surface area contributed by atoms with E-state index >= 15 is 0 Å². The predicted octanol–water partition coefficient (Wildman–Crippen LogP) is 0.232. The van der Waals surface area contributed by atoms with Crippen LogP contribution in [0, 0.1) is 0 Å². The van der Waals surface area contributed by atoms with Crippen LogP contribution in [0.3, 0.4) is 0 Å². The summed E-state index contributed by atoms with van der Waals surface area (Å²) in [5, 5.41) is 3.56. The van der Waals surface area contributed by atoms with E-state index in [1.54, 1.807) is 19.2 Å². The minimum atomic E-state index is -0.122. The Bertz CT molecular complexity index is 789. The van der Waals surface area contributed by atoms with E-state index in [0.717, 1.165) is 13.1 Å². The molecule has 2 heterocycles. The lowest BCUT2D eigenvalue weighted by molar-refractivity contribution is -0.122. The van der Waals surface area contributed by atoms with Gasteiger partial charge in [-0.3, -0.25) is 14.2 Å². The molecule has 1 fully saturated rings. The second kappa shape index (κ2) is 7.11. The molecule has 2 aromatic rings. The van der Waals surface area contributed by atoms with Gasteiger partial charge in [0.2, 0.25) is 5.91 Å². The van der Waals surface area contributed by atoms with Crippen LogP contribution in [0.4, 0.5) is 0 Å². The number of aromatic nitrogens is 2. The summed E-state index contributed by atoms with van der Waals surface area (Å²) in [6.45, 7) is 1.87. The summed E-state index contributed by atoms with van der Waals surface area (Å²) >= 11 is 0. The molecular weight excluding hydrogens is 308 g/mol. The maximum absolute atomic E-state index is 12.4. The van der Waals surface area contributed by atoms with Gasteiger partial charge in [-0.1, -0.05) is 12.1 Å². The van der Waals surface area contributed by atoms with Crippen molar-refractivity contribution in [3.05, 3.63) is 40.9 Å². The lowest BCUT2D eigenvalue weighted by Gasteiger charge is -2.18. The van der Waals surface area contributed by atoms with Gasteiger partial charge in [-0.15, -0.1) is 0 Å². The molecular formula is C17H22N4O3. The Hall–Kier alpha value is -2.25. The number of nitrogens with zero attached hydrogens (tertiary/aromatic N) is 3. The number of methoxy groups -OCH3 is 1. The lowest BCUT2D eigenvalue weighted by Crippen LogP contribution is -2.44. The molecule has 0 unspecified atom stereocenters. The van der Waals surface area contributed by atoms with E-state index in [1.165, 1.54) is 10.9 Å². The quantitative estimate of drug-likeness (QED) is 0.849. The van der Waals surface area contributed by atoms with Gasteiger partial charge in [0, 0.05) is 33.2 Å². The molecule has 0 saturated carbocycles. The summed E-state index contributed by atoms with van der Waals surface area (Å²) in [5.74, 6) is -0.0857. The number of para-hydroxylation sites is 1. The van der Waals surface area contributed by atoms with Gasteiger partial charge >= 0.3 is 0 Å². The first-order valence-electron chi connectivity index (χ1n) is 8.03. The summed E-state index contributed by atoms with van der Waals surface area (Å²) in [6, 6.07) is 7.19. The minimum absolute atomic E-state index is 0.00371. The highest BCUT2D eigenvalue weighted by Gasteiger charge is 2.31. The molecule has 1 aliphatic heterocycles. The van der Waals surface area contributed by atoms with Crippen molar-refractivity contribution in [1.82, 2.24) is 19.8 Å². The third-order valence-corrected chi connectivity index (χ3v) is 4.41. The molecule has 7 heteroatoms. The number of amides is 1. The van der Waals surface area contributed by atoms with Gasteiger partial charge < -0.3 is 15.0 Å². The van der Waals surface area contributed by atoms with E-state index in [0.29, 0.717) is 17.4 Å². The Balaban J connectivity index is 1.62. The van der Waals surface area contributed by atoms with Crippen LogP contribution in [0.5, 0.6) is 0 Å². The number of carbonyl (C=O) groups excluding carboxylic acids is 1. The van der Waals surface area contributed by atoms with Crippen LogP contribution in [0.1, 0.15) is 6.42 Å². The molecule has 24 heavy (non-hydrogen) atoms. The number of benzene rings is 1. The fourth-order valence-corrected chi connectivity index (χ4v) is 3.11. The zero-order valence-electron chi connectivity index (χ0n) is 13.9. The van der Waals surface area contributed by atoms with Crippen molar-refractivity contribution in [2.24, 2.45) is 0 Å². The number of nitrogens with one attached hydrogen (secondary N) is 1. The zero-order valence-corrected chi connectivity index (χ0v) is 13.9. The summed E-state index contributed by atoms with van der Waals surface area (Å²) in [4.78, 5) is 31.0. The minimum Gasteiger partial charge on any atom is -0.378 e. The van der Waals surface area contributed by atoms with Gasteiger partial charge in [-0.2, -0.15) is 0 Å². The first kappa shape index (κ1) is 16.6. The third kappa shape index (κ3) is 3.47. The van der Waals surface area contributed by atoms with Crippen molar-refractivity contribution in [2.75, 3.05) is 27.2 Å². The number of likely N-dealkylation sites (N-methyl/N-ethyl adjacent to an activating group) is 1. The summed E-state index contributed by atoms with van der Waals surface area (Å²) in [6.07, 6.45) is 1.74. The fraction of sp³-hybridized carbons (Fsp3) is 0.471. The molecule has 7 nitrogen and oxygen atoms in total. The number of ether oxygens (including phenoxy) is 1. The molecule has 0 bridgehead atoms. The maximum Gasteiger partial charge on any atom is 0.261 e. The Labute approximate surface area is 140 Å². The SMILES string of the molecule is CO[C@H]1CN(C)C[C@@H]1NC(=O)CCn1cnc2ccccc2c1=O. The Morgan fingerprint density at radius 3 is 2.96 bits per heavy atom. The molecule has 0 radical (unpaired) electrons. The van der Waals surface area contributed by atoms with E-state index in [-0.39, 0.29) is 30.0 Å². The predicted molar refractivity (Wildman–Crippen MR) is 90.8 cm³/mol. The average molecular weight is 330 g/mol. The first-order chi connectivity index (χ1) is 11.6. The largest absolute Gasteiger partial charge is 0.378 e. The van der Waals surface area contributed by atoms with Crippen molar-refractivity contribution >= 4 is 16.8 Å². The molecule has 3 rings (SSSR count). The summed E-state index contributed by atoms with van der Waals surface area (Å²) in [5.41, 5.74) is 0.545. The van der Waals surface area contributed by atoms with Crippen molar-refractivity contribution in [3.63, 3.8) is 0 Å². The van der Waals surface area contributed by atoms with Gasteiger partial charge in [0.05, 0.1) is 29.4 Å². The van der Waals surface area contributed by atoms with Gasteiger partial charge in [-0.05, 0) is 19.2 Å². The number of hydrogen-bond acceptors (Lipinski definition) is 5. The summed E-state index contributed by atoms with van der Waals surface area (Å²) < 4.78 is 6.89. The average Bonchev–Trinajstić information content (AvgIpc) is 2.94. The van der Waals surface area contributed by atoms with Crippen LogP contribution >= 0.6 is 0 Å². The monoisotopic (exact) mass is 330 g/mol. The number of aryl methyl sites for hydroxylation is 1. The van der Waals surface area contributed by atoms with Crippen LogP contribution in [-0.2, 0) is 16.1 Å². The van der Waals surface area contributed by atoms with E-state index in [4.69, 9.17) is 4.74 Å². The molecule has 1 N–H and O–H groups in total. The molecule has 0 aliphatic carbocycles. The van der Waals surface area contributed by atoms with Crippen molar-refractivity contribution in [3.8, 4) is 0 Å². The first-order valence-corrected chi connectivity index (χ1v) is 8.03. The summed E-state index contributed by atoms with van der Waals surface area (Å²) in [7, 11) is 3.65. The van der Waals surface area contributed by atoms with Crippen molar-refractivity contribution in [1.29, 1.82) is 0 Å². The fourth-order valence-electron chi connectivity index (χ4n) is 3.11. The topological polar surface area (TPSA) is 76.5 Å². The standard InChI is InChI=1S/C17H22N4O3/c1-20-9-14(15(10-20)24-2)19-16(22)7-8-21-11-18-13-6-4-3-5-12(13)17(21)23/h3-6,11,14-15H,7-10H2,1-2H3,(H,19,22)/t14-,15-/m0/s1. The lowest BCUT2D eigenvalue weighted by atomic mass is 10.2. The van der Waals surface area contributed by atoms with Crippen molar-refractivity contribution < 1.29 is 9.53 Å². The van der Waals surface area contributed by atoms with E-state index in [2.05, 4.69) is 15.2 Å². The van der Waals surface area contributed by atoms with Crippen LogP contribution in [-0.4, -0.2) is 59.8 Å². The van der Waals surface area contributed by atoms with Gasteiger partial charge in [0.15, 0.2) is 0 Å². The van der Waals surface area contributed by atoms with E-state index in [9.17, 15) is 9.59 Å². The number of hydrogen-bond donors (Lipinski definition) is 1.